The van der Waals surface area contributed by atoms with Crippen molar-refractivity contribution in [1.82, 2.24) is 4.98 Å². The second kappa shape index (κ2) is 10.00. The van der Waals surface area contributed by atoms with Gasteiger partial charge in [0.2, 0.25) is 5.72 Å². The molecule has 1 N–H and O–H groups in total. The zero-order chi connectivity index (χ0) is 20.2. The Morgan fingerprint density at radius 3 is 2.45 bits per heavy atom. The predicted octanol–water partition coefficient (Wildman–Crippen LogP) is -0.198. The molecule has 6 nitrogen and oxygen atoms in total. The van der Waals surface area contributed by atoms with Crippen LogP contribution < -0.4 is 26.4 Å². The van der Waals surface area contributed by atoms with Crippen molar-refractivity contribution in [2.24, 2.45) is 0 Å². The Morgan fingerprint density at radius 2 is 1.79 bits per heavy atom. The maximum absolute atomic E-state index is 11.8. The van der Waals surface area contributed by atoms with E-state index < -0.39 is 15.6 Å². The van der Waals surface area contributed by atoms with Crippen LogP contribution in [0, 0.1) is 0 Å². The first-order chi connectivity index (χ1) is 13.4. The molecule has 1 aromatic carbocycles. The summed E-state index contributed by atoms with van der Waals surface area (Å²) in [5.74, 6) is 0.741. The molecule has 0 bridgehead atoms. The molecule has 1 aliphatic rings. The van der Waals surface area contributed by atoms with Crippen molar-refractivity contribution >= 4 is 15.8 Å². The molecule has 2 heterocycles. The molecule has 29 heavy (non-hydrogen) atoms. The fourth-order valence-corrected chi connectivity index (χ4v) is 4.41. The molecular formula is C21H30BrN3O3S. The van der Waals surface area contributed by atoms with Gasteiger partial charge < -0.3 is 22.1 Å². The minimum Gasteiger partial charge on any atom is -1.00 e. The quantitative estimate of drug-likeness (QED) is 0.395. The van der Waals surface area contributed by atoms with Gasteiger partial charge in [-0.1, -0.05) is 56.1 Å². The van der Waals surface area contributed by atoms with Crippen molar-refractivity contribution in [1.29, 1.82) is 0 Å². The van der Waals surface area contributed by atoms with Crippen LogP contribution in [0.2, 0.25) is 0 Å². The number of anilines is 1. The van der Waals surface area contributed by atoms with E-state index in [1.54, 1.807) is 30.5 Å². The van der Waals surface area contributed by atoms with Gasteiger partial charge in [0.1, 0.15) is 12.7 Å². The van der Waals surface area contributed by atoms with Gasteiger partial charge >= 0.3 is 5.95 Å². The van der Waals surface area contributed by atoms with Crippen molar-refractivity contribution in [3.05, 3.63) is 48.3 Å². The van der Waals surface area contributed by atoms with E-state index in [4.69, 9.17) is 0 Å². The van der Waals surface area contributed by atoms with E-state index in [9.17, 15) is 13.5 Å². The highest BCUT2D eigenvalue weighted by molar-refractivity contribution is 7.90. The first kappa shape index (κ1) is 23.8. The van der Waals surface area contributed by atoms with E-state index in [2.05, 4.69) is 11.9 Å². The van der Waals surface area contributed by atoms with Gasteiger partial charge in [0.25, 0.3) is 0 Å². The Bertz CT molecular complexity index is 906. The molecule has 2 aromatic rings. The molecule has 0 aliphatic carbocycles. The second-order valence-electron chi connectivity index (χ2n) is 7.58. The normalized spacial score (nSPS) is 18.4. The van der Waals surface area contributed by atoms with Crippen molar-refractivity contribution in [3.8, 4) is 0 Å². The number of benzene rings is 1. The topological polar surface area (TPSA) is 74.4 Å². The molecule has 0 amide bonds. The lowest BCUT2D eigenvalue weighted by Crippen LogP contribution is -3.00. The Morgan fingerprint density at radius 1 is 1.14 bits per heavy atom. The second-order valence-corrected chi connectivity index (χ2v) is 9.60. The molecule has 0 spiro atoms. The van der Waals surface area contributed by atoms with Crippen LogP contribution in [0.25, 0.3) is 0 Å². The van der Waals surface area contributed by atoms with E-state index in [1.807, 2.05) is 21.7 Å². The lowest BCUT2D eigenvalue weighted by molar-refractivity contribution is -0.685. The van der Waals surface area contributed by atoms with Gasteiger partial charge in [0, 0.05) is 17.9 Å². The molecular weight excluding hydrogens is 454 g/mol. The highest BCUT2D eigenvalue weighted by atomic mass is 79.9. The number of hydrogen-bond donors (Lipinski definition) is 1. The van der Waals surface area contributed by atoms with Crippen LogP contribution in [0.3, 0.4) is 0 Å². The van der Waals surface area contributed by atoms with E-state index in [-0.39, 0.29) is 21.9 Å². The largest absolute Gasteiger partial charge is 1.00 e. The maximum Gasteiger partial charge on any atom is 0.396 e. The number of hydrogen-bond acceptors (Lipinski definition) is 5. The molecule has 160 valence electrons. The average molecular weight is 484 g/mol. The minimum absolute atomic E-state index is 0. The van der Waals surface area contributed by atoms with Gasteiger partial charge in [0.15, 0.2) is 9.84 Å². The fourth-order valence-electron chi connectivity index (χ4n) is 3.78. The smallest absolute Gasteiger partial charge is 0.396 e. The number of unbranched alkanes of at least 4 members (excludes halogenated alkanes) is 5. The minimum atomic E-state index is -3.27. The molecule has 0 radical (unpaired) electrons. The molecule has 8 heteroatoms. The zero-order valence-corrected chi connectivity index (χ0v) is 19.5. The summed E-state index contributed by atoms with van der Waals surface area (Å²) < 4.78 is 25.4. The molecule has 0 fully saturated rings. The number of nitrogens with zero attached hydrogens (tertiary/aromatic N) is 3. The van der Waals surface area contributed by atoms with Gasteiger partial charge in [-0.3, -0.25) is 0 Å². The summed E-state index contributed by atoms with van der Waals surface area (Å²) in [7, 11) is -3.27. The fraction of sp³-hybridized carbons (Fsp3) is 0.524. The highest BCUT2D eigenvalue weighted by Gasteiger charge is 2.51. The Labute approximate surface area is 184 Å². The summed E-state index contributed by atoms with van der Waals surface area (Å²) >= 11 is 0. The van der Waals surface area contributed by atoms with Crippen LogP contribution in [0.1, 0.15) is 51.0 Å². The summed E-state index contributed by atoms with van der Waals surface area (Å²) in [4.78, 5) is 6.68. The van der Waals surface area contributed by atoms with Gasteiger partial charge in [-0.15, -0.1) is 0 Å². The molecule has 1 aliphatic heterocycles. The van der Waals surface area contributed by atoms with E-state index in [0.29, 0.717) is 18.7 Å². The molecule has 0 unspecified atom stereocenters. The Hall–Kier alpha value is -1.51. The van der Waals surface area contributed by atoms with Crippen LogP contribution in [0.15, 0.2) is 47.6 Å². The van der Waals surface area contributed by atoms with Crippen molar-refractivity contribution in [2.45, 2.75) is 62.6 Å². The summed E-state index contributed by atoms with van der Waals surface area (Å²) in [6, 6.07) is 8.39. The Kier molecular flexibility index (Phi) is 8.19. The van der Waals surface area contributed by atoms with Crippen LogP contribution in [-0.4, -0.2) is 31.3 Å². The van der Waals surface area contributed by atoms with Crippen molar-refractivity contribution < 1.29 is 35.1 Å². The lowest BCUT2D eigenvalue weighted by atomic mass is 10.0. The SMILES string of the molecule is CCCCCCCCN1c2nccc[n+]2C[C@@]1(O)c1ccc(S(C)(=O)=O)cc1.[Br-]. The first-order valence-electron chi connectivity index (χ1n) is 10.0. The van der Waals surface area contributed by atoms with Gasteiger partial charge in [-0.05, 0) is 18.6 Å². The third-order valence-corrected chi connectivity index (χ3v) is 6.49. The van der Waals surface area contributed by atoms with Crippen LogP contribution >= 0.6 is 0 Å². The first-order valence-corrected chi connectivity index (χ1v) is 11.9. The summed E-state index contributed by atoms with van der Waals surface area (Å²) in [6.45, 7) is 3.27. The monoisotopic (exact) mass is 483 g/mol. The number of aliphatic hydroxyl groups is 1. The molecule has 0 saturated carbocycles. The summed E-state index contributed by atoms with van der Waals surface area (Å²) in [6.07, 6.45) is 11.9. The van der Waals surface area contributed by atoms with E-state index in [1.165, 1.54) is 31.9 Å². The lowest BCUT2D eigenvalue weighted by Gasteiger charge is -2.28. The number of halogens is 1. The summed E-state index contributed by atoms with van der Waals surface area (Å²) in [5, 5.41) is 11.6. The standard InChI is InChI=1S/C21H30N3O3S.BrH/c1-3-4-5-6-7-8-16-24-20-22-14-9-15-23(20)17-21(24,25)18-10-12-19(13-11-18)28(2,26)27;/h9-15,25H,3-8,16-17H2,1-2H3;1H/q+1;/p-1/t21-;/m1./s1. The molecule has 1 atom stereocenters. The third kappa shape index (κ3) is 5.35. The highest BCUT2D eigenvalue weighted by Crippen LogP contribution is 2.34. The number of sulfone groups is 1. The number of rotatable bonds is 9. The van der Waals surface area contributed by atoms with Crippen molar-refractivity contribution in [2.75, 3.05) is 17.7 Å². The van der Waals surface area contributed by atoms with Gasteiger partial charge in [-0.25, -0.2) is 17.9 Å². The van der Waals surface area contributed by atoms with E-state index >= 15 is 0 Å². The molecule has 3 rings (SSSR count). The third-order valence-electron chi connectivity index (χ3n) is 5.36. The van der Waals surface area contributed by atoms with Gasteiger partial charge in [-0.2, -0.15) is 0 Å². The Balaban J connectivity index is 0.00000300. The van der Waals surface area contributed by atoms with E-state index in [0.717, 1.165) is 18.8 Å². The van der Waals surface area contributed by atoms with Crippen LogP contribution in [-0.2, 0) is 22.1 Å². The molecule has 1 aromatic heterocycles. The van der Waals surface area contributed by atoms with Crippen molar-refractivity contribution in [3.63, 3.8) is 0 Å². The average Bonchev–Trinajstić information content (AvgIpc) is 2.97. The van der Waals surface area contributed by atoms with Crippen LogP contribution in [0.4, 0.5) is 5.95 Å². The maximum atomic E-state index is 11.8. The predicted molar refractivity (Wildman–Crippen MR) is 109 cm³/mol. The zero-order valence-electron chi connectivity index (χ0n) is 17.1. The summed E-state index contributed by atoms with van der Waals surface area (Å²) in [5.41, 5.74) is -0.558. The molecule has 0 saturated heterocycles. The number of aromatic nitrogens is 2. The van der Waals surface area contributed by atoms with Gasteiger partial charge in [0.05, 0.1) is 17.6 Å². The number of fused-ring (bicyclic) bond motifs is 1. The van der Waals surface area contributed by atoms with Crippen LogP contribution in [0.5, 0.6) is 0 Å².